The zero-order valence-electron chi connectivity index (χ0n) is 10.4. The molecule has 0 atom stereocenters. The van der Waals surface area contributed by atoms with Gasteiger partial charge in [0.05, 0.1) is 18.0 Å². The molecular formula is C10H13F3N6. The van der Waals surface area contributed by atoms with E-state index in [0.717, 1.165) is 0 Å². The van der Waals surface area contributed by atoms with Crippen molar-refractivity contribution in [1.82, 2.24) is 20.2 Å². The van der Waals surface area contributed by atoms with Gasteiger partial charge in [-0.15, -0.1) is 0 Å². The summed E-state index contributed by atoms with van der Waals surface area (Å²) in [5.41, 5.74) is 0.480. The van der Waals surface area contributed by atoms with Crippen LogP contribution in [-0.4, -0.2) is 47.0 Å². The maximum absolute atomic E-state index is 12.2. The quantitative estimate of drug-likeness (QED) is 0.889. The summed E-state index contributed by atoms with van der Waals surface area (Å²) >= 11 is 0. The normalized spacial score (nSPS) is 11.8. The minimum absolute atomic E-state index is 0.177. The molecule has 0 aliphatic carbocycles. The van der Waals surface area contributed by atoms with Crippen molar-refractivity contribution in [3.05, 3.63) is 6.20 Å². The third kappa shape index (κ3) is 3.04. The number of nitrogens with one attached hydrogen (secondary N) is 2. The first-order valence-electron chi connectivity index (χ1n) is 5.57. The van der Waals surface area contributed by atoms with E-state index in [-0.39, 0.29) is 6.54 Å². The van der Waals surface area contributed by atoms with E-state index >= 15 is 0 Å². The number of rotatable bonds is 4. The van der Waals surface area contributed by atoms with Gasteiger partial charge in [-0.3, -0.25) is 5.10 Å². The molecule has 9 heteroatoms. The second-order valence-electron chi connectivity index (χ2n) is 4.04. The number of anilines is 2. The summed E-state index contributed by atoms with van der Waals surface area (Å²) in [7, 11) is 3.19. The van der Waals surface area contributed by atoms with E-state index in [9.17, 15) is 13.2 Å². The summed E-state index contributed by atoms with van der Waals surface area (Å²) in [6, 6.07) is 0. The van der Waals surface area contributed by atoms with Gasteiger partial charge >= 0.3 is 6.18 Å². The van der Waals surface area contributed by atoms with Crippen molar-refractivity contribution in [2.24, 2.45) is 0 Å². The van der Waals surface area contributed by atoms with Crippen LogP contribution in [-0.2, 0) is 0 Å². The van der Waals surface area contributed by atoms with E-state index < -0.39 is 12.6 Å². The number of alkyl halides is 3. The molecular weight excluding hydrogens is 261 g/mol. The Labute approximate surface area is 107 Å². The molecule has 104 valence electrons. The minimum atomic E-state index is -4.19. The van der Waals surface area contributed by atoms with Gasteiger partial charge in [-0.1, -0.05) is 0 Å². The third-order valence-corrected chi connectivity index (χ3v) is 2.61. The van der Waals surface area contributed by atoms with Crippen molar-refractivity contribution in [3.63, 3.8) is 0 Å². The van der Waals surface area contributed by atoms with Crippen molar-refractivity contribution in [2.75, 3.05) is 30.9 Å². The van der Waals surface area contributed by atoms with Gasteiger partial charge in [0.2, 0.25) is 5.95 Å². The highest BCUT2D eigenvalue weighted by molar-refractivity contribution is 5.87. The van der Waals surface area contributed by atoms with Gasteiger partial charge in [0.15, 0.2) is 5.65 Å². The number of nitrogens with zero attached hydrogens (tertiary/aromatic N) is 4. The van der Waals surface area contributed by atoms with E-state index in [4.69, 9.17) is 0 Å². The molecule has 2 rings (SSSR count). The van der Waals surface area contributed by atoms with Crippen LogP contribution in [0, 0.1) is 0 Å². The molecule has 0 aliphatic heterocycles. The molecule has 0 spiro atoms. The SMILES string of the molecule is CNc1nc(N(C)CCC(F)(F)F)c2cn[nH]c2n1. The van der Waals surface area contributed by atoms with Crippen molar-refractivity contribution >= 4 is 22.8 Å². The summed E-state index contributed by atoms with van der Waals surface area (Å²) in [6.45, 7) is -0.177. The average Bonchev–Trinajstić information content (AvgIpc) is 2.81. The Morgan fingerprint density at radius 1 is 1.37 bits per heavy atom. The predicted molar refractivity (Wildman–Crippen MR) is 65.2 cm³/mol. The first-order chi connectivity index (χ1) is 8.90. The number of hydrogen-bond acceptors (Lipinski definition) is 5. The molecule has 2 aromatic heterocycles. The molecule has 2 heterocycles. The van der Waals surface area contributed by atoms with Crippen LogP contribution in [0.25, 0.3) is 11.0 Å². The second kappa shape index (κ2) is 4.90. The van der Waals surface area contributed by atoms with Gasteiger partial charge in [0.1, 0.15) is 5.82 Å². The smallest absolute Gasteiger partial charge is 0.359 e. The lowest BCUT2D eigenvalue weighted by molar-refractivity contribution is -0.132. The largest absolute Gasteiger partial charge is 0.390 e. The van der Waals surface area contributed by atoms with Gasteiger partial charge < -0.3 is 10.2 Å². The number of aromatic amines is 1. The highest BCUT2D eigenvalue weighted by Crippen LogP contribution is 2.25. The van der Waals surface area contributed by atoms with Gasteiger partial charge in [-0.2, -0.15) is 28.2 Å². The van der Waals surface area contributed by atoms with Crippen LogP contribution in [0.2, 0.25) is 0 Å². The van der Waals surface area contributed by atoms with Crippen LogP contribution in [0.4, 0.5) is 24.9 Å². The Bertz CT molecular complexity index is 564. The second-order valence-corrected chi connectivity index (χ2v) is 4.04. The van der Waals surface area contributed by atoms with Gasteiger partial charge in [-0.25, -0.2) is 0 Å². The Hall–Kier alpha value is -2.06. The Morgan fingerprint density at radius 3 is 2.74 bits per heavy atom. The Morgan fingerprint density at radius 2 is 2.11 bits per heavy atom. The van der Waals surface area contributed by atoms with E-state index in [1.165, 1.54) is 11.1 Å². The molecule has 0 fully saturated rings. The first-order valence-corrected chi connectivity index (χ1v) is 5.57. The molecule has 0 unspecified atom stereocenters. The summed E-state index contributed by atoms with van der Waals surface area (Å²) in [5, 5.41) is 9.84. The fourth-order valence-electron chi connectivity index (χ4n) is 1.62. The molecule has 0 saturated heterocycles. The lowest BCUT2D eigenvalue weighted by Gasteiger charge is -2.20. The molecule has 6 nitrogen and oxygen atoms in total. The van der Waals surface area contributed by atoms with E-state index in [2.05, 4.69) is 25.5 Å². The summed E-state index contributed by atoms with van der Waals surface area (Å²) in [4.78, 5) is 9.72. The van der Waals surface area contributed by atoms with E-state index in [0.29, 0.717) is 22.8 Å². The molecule has 0 saturated carbocycles. The summed E-state index contributed by atoms with van der Waals surface area (Å²) in [5.74, 6) is 0.734. The van der Waals surface area contributed by atoms with Crippen LogP contribution >= 0.6 is 0 Å². The van der Waals surface area contributed by atoms with Crippen LogP contribution in [0.15, 0.2) is 6.20 Å². The molecule has 2 aromatic rings. The van der Waals surface area contributed by atoms with Crippen LogP contribution in [0.3, 0.4) is 0 Å². The molecule has 0 amide bonds. The topological polar surface area (TPSA) is 69.7 Å². The predicted octanol–water partition coefficient (Wildman–Crippen LogP) is 1.78. The lowest BCUT2D eigenvalue weighted by atomic mass is 10.3. The summed E-state index contributed by atoms with van der Waals surface area (Å²) < 4.78 is 36.7. The fourth-order valence-corrected chi connectivity index (χ4v) is 1.62. The van der Waals surface area contributed by atoms with Crippen molar-refractivity contribution in [1.29, 1.82) is 0 Å². The van der Waals surface area contributed by atoms with E-state index in [1.54, 1.807) is 14.1 Å². The van der Waals surface area contributed by atoms with Gasteiger partial charge in [0, 0.05) is 20.6 Å². The molecule has 2 N–H and O–H groups in total. The summed E-state index contributed by atoms with van der Waals surface area (Å²) in [6.07, 6.45) is -3.60. The van der Waals surface area contributed by atoms with Crippen LogP contribution in [0.1, 0.15) is 6.42 Å². The fraction of sp³-hybridized carbons (Fsp3) is 0.500. The number of aromatic nitrogens is 4. The van der Waals surface area contributed by atoms with Crippen molar-refractivity contribution in [2.45, 2.75) is 12.6 Å². The highest BCUT2D eigenvalue weighted by atomic mass is 19.4. The van der Waals surface area contributed by atoms with Crippen molar-refractivity contribution in [3.8, 4) is 0 Å². The maximum Gasteiger partial charge on any atom is 0.390 e. The lowest BCUT2D eigenvalue weighted by Crippen LogP contribution is -2.25. The Balaban J connectivity index is 2.29. The monoisotopic (exact) mass is 274 g/mol. The van der Waals surface area contributed by atoms with Crippen molar-refractivity contribution < 1.29 is 13.2 Å². The minimum Gasteiger partial charge on any atom is -0.359 e. The van der Waals surface area contributed by atoms with Gasteiger partial charge in [-0.05, 0) is 0 Å². The molecule has 0 aromatic carbocycles. The number of fused-ring (bicyclic) bond motifs is 1. The standard InChI is InChI=1S/C10H13F3N6/c1-14-9-16-7-6(5-15-18-7)8(17-9)19(2)4-3-10(11,12)13/h5H,3-4H2,1-2H3,(H2,14,15,16,17,18). The number of hydrogen-bond donors (Lipinski definition) is 2. The van der Waals surface area contributed by atoms with Crippen LogP contribution in [0.5, 0.6) is 0 Å². The van der Waals surface area contributed by atoms with Crippen LogP contribution < -0.4 is 10.2 Å². The zero-order valence-corrected chi connectivity index (χ0v) is 10.4. The number of H-pyrrole nitrogens is 1. The molecule has 0 aliphatic rings. The number of halogens is 3. The third-order valence-electron chi connectivity index (χ3n) is 2.61. The molecule has 0 radical (unpaired) electrons. The Kier molecular flexibility index (Phi) is 3.45. The average molecular weight is 274 g/mol. The zero-order chi connectivity index (χ0) is 14.0. The highest BCUT2D eigenvalue weighted by Gasteiger charge is 2.27. The maximum atomic E-state index is 12.2. The first kappa shape index (κ1) is 13.4. The van der Waals surface area contributed by atoms with Gasteiger partial charge in [0.25, 0.3) is 0 Å². The van der Waals surface area contributed by atoms with E-state index in [1.807, 2.05) is 0 Å². The molecule has 0 bridgehead atoms. The molecule has 19 heavy (non-hydrogen) atoms.